The summed E-state index contributed by atoms with van der Waals surface area (Å²) in [5.41, 5.74) is 1.75. The molecule has 0 bridgehead atoms. The van der Waals surface area contributed by atoms with E-state index in [9.17, 15) is 14.4 Å². The van der Waals surface area contributed by atoms with Crippen molar-refractivity contribution in [3.63, 3.8) is 0 Å². The zero-order valence-corrected chi connectivity index (χ0v) is 18.2. The Labute approximate surface area is 186 Å². The number of aromatic nitrogens is 1. The zero-order chi connectivity index (χ0) is 22.7. The van der Waals surface area contributed by atoms with E-state index in [4.69, 9.17) is 0 Å². The Balaban J connectivity index is 1.58. The topological polar surface area (TPSA) is 91.4 Å². The Bertz CT molecular complexity index is 1160. The number of nitrogens with zero attached hydrogens (tertiary/aromatic N) is 2. The van der Waals surface area contributed by atoms with Gasteiger partial charge in [-0.05, 0) is 42.8 Å². The first kappa shape index (κ1) is 21.5. The fraction of sp³-hybridized carbons (Fsp3) is 0.280. The summed E-state index contributed by atoms with van der Waals surface area (Å²) in [6, 6.07) is 15.5. The van der Waals surface area contributed by atoms with Crippen molar-refractivity contribution in [2.24, 2.45) is 0 Å². The molecule has 3 aromatic rings. The SMILES string of the molecule is CC(=O)NC(C(=O)N1CCCC1C(=O)Nc1nccc2ccc(C)cc12)c1ccccc1. The third-order valence-electron chi connectivity index (χ3n) is 5.73. The molecule has 2 N–H and O–H groups in total. The largest absolute Gasteiger partial charge is 0.341 e. The highest BCUT2D eigenvalue weighted by Gasteiger charge is 2.38. The van der Waals surface area contributed by atoms with Crippen LogP contribution in [0.3, 0.4) is 0 Å². The minimum absolute atomic E-state index is 0.271. The average molecular weight is 431 g/mol. The molecule has 1 aliphatic heterocycles. The highest BCUT2D eigenvalue weighted by atomic mass is 16.2. The Morgan fingerprint density at radius 3 is 2.62 bits per heavy atom. The maximum atomic E-state index is 13.4. The number of rotatable bonds is 5. The Kier molecular flexibility index (Phi) is 6.16. The Hall–Kier alpha value is -3.74. The van der Waals surface area contributed by atoms with Crippen LogP contribution in [0, 0.1) is 6.92 Å². The van der Waals surface area contributed by atoms with Gasteiger partial charge in [0.1, 0.15) is 17.9 Å². The lowest BCUT2D eigenvalue weighted by atomic mass is 10.0. The van der Waals surface area contributed by atoms with Gasteiger partial charge in [-0.1, -0.05) is 48.0 Å². The summed E-state index contributed by atoms with van der Waals surface area (Å²) in [4.78, 5) is 44.3. The van der Waals surface area contributed by atoms with Crippen LogP contribution >= 0.6 is 0 Å². The number of aryl methyl sites for hydroxylation is 1. The Morgan fingerprint density at radius 1 is 1.09 bits per heavy atom. The second-order valence-electron chi connectivity index (χ2n) is 8.11. The van der Waals surface area contributed by atoms with Gasteiger partial charge >= 0.3 is 0 Å². The van der Waals surface area contributed by atoms with E-state index < -0.39 is 12.1 Å². The number of benzene rings is 2. The number of hydrogen-bond acceptors (Lipinski definition) is 4. The molecule has 1 aliphatic rings. The van der Waals surface area contributed by atoms with Crippen LogP contribution in [0.1, 0.15) is 36.9 Å². The lowest BCUT2D eigenvalue weighted by molar-refractivity contribution is -0.140. The molecule has 2 heterocycles. The molecule has 2 aromatic carbocycles. The van der Waals surface area contributed by atoms with E-state index in [0.29, 0.717) is 30.8 Å². The van der Waals surface area contributed by atoms with Crippen LogP contribution in [-0.4, -0.2) is 40.2 Å². The van der Waals surface area contributed by atoms with Crippen molar-refractivity contribution in [3.05, 3.63) is 71.9 Å². The van der Waals surface area contributed by atoms with Gasteiger partial charge in [-0.3, -0.25) is 14.4 Å². The molecule has 1 saturated heterocycles. The van der Waals surface area contributed by atoms with E-state index in [1.807, 2.05) is 49.4 Å². The molecular formula is C25H26N4O3. The highest BCUT2D eigenvalue weighted by Crippen LogP contribution is 2.27. The molecule has 0 radical (unpaired) electrons. The number of nitrogens with one attached hydrogen (secondary N) is 2. The standard InChI is InChI=1S/C25H26N4O3/c1-16-10-11-18-12-13-26-23(20(18)15-16)28-24(31)21-9-6-14-29(21)25(32)22(27-17(2)30)19-7-4-3-5-8-19/h3-5,7-8,10-13,15,21-22H,6,9,14H2,1-2H3,(H,27,30)(H,26,28,31). The van der Waals surface area contributed by atoms with Crippen molar-refractivity contribution < 1.29 is 14.4 Å². The fourth-order valence-electron chi connectivity index (χ4n) is 4.19. The van der Waals surface area contributed by atoms with E-state index >= 15 is 0 Å². The monoisotopic (exact) mass is 430 g/mol. The van der Waals surface area contributed by atoms with Crippen LogP contribution in [0.4, 0.5) is 5.82 Å². The number of anilines is 1. The molecule has 32 heavy (non-hydrogen) atoms. The highest BCUT2D eigenvalue weighted by molar-refractivity contribution is 6.04. The van der Waals surface area contributed by atoms with Gasteiger partial charge in [-0.25, -0.2) is 4.98 Å². The normalized spacial score (nSPS) is 16.6. The zero-order valence-electron chi connectivity index (χ0n) is 18.2. The first-order chi connectivity index (χ1) is 15.4. The van der Waals surface area contributed by atoms with Gasteiger partial charge < -0.3 is 15.5 Å². The van der Waals surface area contributed by atoms with Gasteiger partial charge in [0.2, 0.25) is 17.7 Å². The number of carbonyl (C=O) groups excluding carboxylic acids is 3. The number of amides is 3. The molecule has 0 aliphatic carbocycles. The van der Waals surface area contributed by atoms with Crippen molar-refractivity contribution in [1.29, 1.82) is 0 Å². The van der Waals surface area contributed by atoms with E-state index in [2.05, 4.69) is 15.6 Å². The first-order valence-electron chi connectivity index (χ1n) is 10.7. The molecule has 3 amide bonds. The lowest BCUT2D eigenvalue weighted by Gasteiger charge is -2.28. The van der Waals surface area contributed by atoms with Crippen LogP contribution in [0.5, 0.6) is 0 Å². The summed E-state index contributed by atoms with van der Waals surface area (Å²) in [6.07, 6.45) is 2.93. The molecule has 4 rings (SSSR count). The van der Waals surface area contributed by atoms with Crippen molar-refractivity contribution in [3.8, 4) is 0 Å². The quantitative estimate of drug-likeness (QED) is 0.649. The summed E-state index contributed by atoms with van der Waals surface area (Å²) in [6.45, 7) is 3.83. The van der Waals surface area contributed by atoms with Gasteiger partial charge in [0.15, 0.2) is 0 Å². The fourth-order valence-corrected chi connectivity index (χ4v) is 4.19. The van der Waals surface area contributed by atoms with Crippen LogP contribution in [-0.2, 0) is 14.4 Å². The van der Waals surface area contributed by atoms with Crippen LogP contribution in [0.25, 0.3) is 10.8 Å². The molecule has 0 spiro atoms. The van der Waals surface area contributed by atoms with E-state index in [1.165, 1.54) is 6.92 Å². The molecule has 2 atom stereocenters. The first-order valence-corrected chi connectivity index (χ1v) is 10.7. The summed E-state index contributed by atoms with van der Waals surface area (Å²) in [7, 11) is 0. The summed E-state index contributed by atoms with van der Waals surface area (Å²) in [5.74, 6) is -0.377. The predicted molar refractivity (Wildman–Crippen MR) is 123 cm³/mol. The number of hydrogen-bond donors (Lipinski definition) is 2. The van der Waals surface area contributed by atoms with Crippen molar-refractivity contribution in [1.82, 2.24) is 15.2 Å². The molecule has 0 saturated carbocycles. The summed E-state index contributed by atoms with van der Waals surface area (Å²) < 4.78 is 0. The number of pyridine rings is 1. The molecule has 164 valence electrons. The third-order valence-corrected chi connectivity index (χ3v) is 5.73. The molecule has 1 aromatic heterocycles. The summed E-state index contributed by atoms with van der Waals surface area (Å²) >= 11 is 0. The van der Waals surface area contributed by atoms with Gasteiger partial charge in [-0.2, -0.15) is 0 Å². The number of likely N-dealkylation sites (tertiary alicyclic amines) is 1. The number of carbonyl (C=O) groups is 3. The second-order valence-corrected chi connectivity index (χ2v) is 8.11. The van der Waals surface area contributed by atoms with Crippen molar-refractivity contribution in [2.75, 3.05) is 11.9 Å². The average Bonchev–Trinajstić information content (AvgIpc) is 3.28. The molecule has 7 heteroatoms. The van der Waals surface area contributed by atoms with E-state index in [1.54, 1.807) is 23.2 Å². The van der Waals surface area contributed by atoms with Gasteiger partial charge in [0, 0.05) is 25.1 Å². The van der Waals surface area contributed by atoms with Crippen molar-refractivity contribution >= 4 is 34.3 Å². The third kappa shape index (κ3) is 4.46. The maximum Gasteiger partial charge on any atom is 0.250 e. The van der Waals surface area contributed by atoms with E-state index in [-0.39, 0.29) is 17.7 Å². The molecule has 2 unspecified atom stereocenters. The lowest BCUT2D eigenvalue weighted by Crippen LogP contribution is -2.48. The Morgan fingerprint density at radius 2 is 1.88 bits per heavy atom. The molecule has 7 nitrogen and oxygen atoms in total. The summed E-state index contributed by atoms with van der Waals surface area (Å²) in [5, 5.41) is 7.51. The second kappa shape index (κ2) is 9.18. The van der Waals surface area contributed by atoms with E-state index in [0.717, 1.165) is 16.3 Å². The maximum absolute atomic E-state index is 13.4. The van der Waals surface area contributed by atoms with Gasteiger partial charge in [0.25, 0.3) is 0 Å². The predicted octanol–water partition coefficient (Wildman–Crippen LogP) is 3.35. The van der Waals surface area contributed by atoms with Crippen LogP contribution < -0.4 is 10.6 Å². The smallest absolute Gasteiger partial charge is 0.250 e. The molecular weight excluding hydrogens is 404 g/mol. The number of fused-ring (bicyclic) bond motifs is 1. The minimum atomic E-state index is -0.833. The van der Waals surface area contributed by atoms with Crippen LogP contribution in [0.2, 0.25) is 0 Å². The minimum Gasteiger partial charge on any atom is -0.341 e. The van der Waals surface area contributed by atoms with Crippen molar-refractivity contribution in [2.45, 2.75) is 38.8 Å². The van der Waals surface area contributed by atoms with Crippen LogP contribution in [0.15, 0.2) is 60.8 Å². The van der Waals surface area contributed by atoms with Gasteiger partial charge in [-0.15, -0.1) is 0 Å². The molecule has 1 fully saturated rings. The van der Waals surface area contributed by atoms with Gasteiger partial charge in [0.05, 0.1) is 0 Å².